The predicted octanol–water partition coefficient (Wildman–Crippen LogP) is 1.71. The summed E-state index contributed by atoms with van der Waals surface area (Å²) in [5, 5.41) is 15.2. The highest BCUT2D eigenvalue weighted by molar-refractivity contribution is 5.78. The molecule has 6 heteroatoms. The summed E-state index contributed by atoms with van der Waals surface area (Å²) < 4.78 is 0. The monoisotopic (exact) mass is 300 g/mol. The highest BCUT2D eigenvalue weighted by Crippen LogP contribution is 2.25. The van der Waals surface area contributed by atoms with Crippen molar-refractivity contribution in [3.63, 3.8) is 0 Å². The Labute approximate surface area is 129 Å². The molecule has 2 amide bonds. The maximum atomic E-state index is 12.4. The molecule has 2 rings (SSSR count). The topological polar surface area (TPSA) is 75.7 Å². The second kappa shape index (κ2) is 6.44. The molecule has 0 saturated heterocycles. The zero-order chi connectivity index (χ0) is 16.2. The first-order chi connectivity index (χ1) is 10.5. The van der Waals surface area contributed by atoms with E-state index in [0.717, 1.165) is 5.56 Å². The van der Waals surface area contributed by atoms with Crippen LogP contribution in [0.15, 0.2) is 54.8 Å². The number of carbonyl (C=O) groups is 2. The summed E-state index contributed by atoms with van der Waals surface area (Å²) >= 11 is 0. The average Bonchev–Trinajstić information content (AvgIpc) is 2.49. The van der Waals surface area contributed by atoms with Crippen molar-refractivity contribution in [1.82, 2.24) is 15.3 Å². The van der Waals surface area contributed by atoms with Crippen molar-refractivity contribution < 1.29 is 9.59 Å². The van der Waals surface area contributed by atoms with Crippen LogP contribution in [0.25, 0.3) is 0 Å². The largest absolute Gasteiger partial charge is 0.753 e. The molecular weight excluding hydrogens is 282 g/mol. The van der Waals surface area contributed by atoms with Crippen LogP contribution in [0.1, 0.15) is 19.4 Å². The number of nitrogens with one attached hydrogen (secondary N) is 1. The van der Waals surface area contributed by atoms with Gasteiger partial charge in [-0.15, -0.1) is 0 Å². The second-order valence-corrected chi connectivity index (χ2v) is 5.03. The zero-order valence-electron chi connectivity index (χ0n) is 12.5. The minimum absolute atomic E-state index is 0.275. The second-order valence-electron chi connectivity index (χ2n) is 5.03. The first kappa shape index (κ1) is 15.8. The number of allylic oxidation sites excluding steroid dienone is 2. The molecule has 1 aromatic carbocycles. The summed E-state index contributed by atoms with van der Waals surface area (Å²) in [5.74, 6) is -2.64. The Kier molecular flexibility index (Phi) is 4.62. The van der Waals surface area contributed by atoms with Gasteiger partial charge in [0.25, 0.3) is 0 Å². The molecule has 1 aromatic rings. The summed E-state index contributed by atoms with van der Waals surface area (Å²) in [6.45, 7) is 2.85. The smallest absolute Gasteiger partial charge is 0.220 e. The van der Waals surface area contributed by atoms with Crippen molar-refractivity contribution in [1.29, 1.82) is 0 Å². The van der Waals surface area contributed by atoms with Gasteiger partial charge in [-0.3, -0.25) is 9.59 Å². The Morgan fingerprint density at radius 3 is 2.50 bits per heavy atom. The van der Waals surface area contributed by atoms with Gasteiger partial charge in [0.1, 0.15) is 0 Å². The molecule has 0 fully saturated rings. The fourth-order valence-electron chi connectivity index (χ4n) is 2.35. The first-order valence-corrected chi connectivity index (χ1v) is 6.89. The van der Waals surface area contributed by atoms with Crippen LogP contribution >= 0.6 is 0 Å². The Bertz CT molecular complexity index is 612. The Morgan fingerprint density at radius 1 is 1.23 bits per heavy atom. The number of carbonyl (C=O) groups excluding carboxylic acids is 2. The van der Waals surface area contributed by atoms with Crippen LogP contribution in [0.2, 0.25) is 0 Å². The maximum absolute atomic E-state index is 12.4. The van der Waals surface area contributed by atoms with Crippen molar-refractivity contribution in [2.24, 2.45) is 0 Å². The first-order valence-electron chi connectivity index (χ1n) is 6.89. The van der Waals surface area contributed by atoms with Crippen molar-refractivity contribution >= 4 is 11.8 Å². The van der Waals surface area contributed by atoms with Crippen LogP contribution in [-0.2, 0) is 16.1 Å². The van der Waals surface area contributed by atoms with E-state index in [1.165, 1.54) is 19.9 Å². The van der Waals surface area contributed by atoms with Crippen LogP contribution in [-0.4, -0.2) is 27.6 Å². The highest BCUT2D eigenvalue weighted by Gasteiger charge is 2.38. The molecule has 1 N–H and O–H groups in total. The summed E-state index contributed by atoms with van der Waals surface area (Å²) in [6.07, 6.45) is 6.56. The maximum Gasteiger partial charge on any atom is 0.220 e. The number of hydrogen-bond acceptors (Lipinski definition) is 4. The van der Waals surface area contributed by atoms with E-state index < -0.39 is 17.6 Å². The molecule has 6 nitrogen and oxygen atoms in total. The third-order valence-corrected chi connectivity index (χ3v) is 3.29. The predicted molar refractivity (Wildman–Crippen MR) is 82.7 cm³/mol. The van der Waals surface area contributed by atoms with Gasteiger partial charge < -0.3 is 20.5 Å². The van der Waals surface area contributed by atoms with Gasteiger partial charge in [0.2, 0.25) is 17.6 Å². The minimum Gasteiger partial charge on any atom is -0.753 e. The Balaban J connectivity index is 2.38. The quantitative estimate of drug-likeness (QED) is 0.678. The number of nitrogens with zero attached hydrogens (tertiary/aromatic N) is 2. The van der Waals surface area contributed by atoms with E-state index in [0.29, 0.717) is 6.54 Å². The normalized spacial score (nSPS) is 19.9. The Morgan fingerprint density at radius 2 is 1.91 bits per heavy atom. The molecule has 1 aliphatic rings. The number of hydrogen-bond donors (Lipinski definition) is 1. The van der Waals surface area contributed by atoms with Crippen LogP contribution in [0.3, 0.4) is 0 Å². The third-order valence-electron chi connectivity index (χ3n) is 3.29. The highest BCUT2D eigenvalue weighted by atomic mass is 16.5. The molecule has 1 atom stereocenters. The lowest BCUT2D eigenvalue weighted by Gasteiger charge is -2.52. The van der Waals surface area contributed by atoms with Gasteiger partial charge in [-0.05, 0) is 17.7 Å². The molecular formula is C16H18N3O3-. The van der Waals surface area contributed by atoms with Gasteiger partial charge in [0, 0.05) is 26.6 Å². The van der Waals surface area contributed by atoms with E-state index in [-0.39, 0.29) is 5.06 Å². The molecule has 116 valence electrons. The molecule has 1 aliphatic heterocycles. The van der Waals surface area contributed by atoms with E-state index >= 15 is 0 Å². The fraction of sp³-hybridized carbons (Fsp3) is 0.250. The van der Waals surface area contributed by atoms with E-state index in [1.807, 2.05) is 30.3 Å². The average molecular weight is 300 g/mol. The number of amides is 2. The number of hydroxylamine groups is 2. The van der Waals surface area contributed by atoms with Crippen LogP contribution < -0.4 is 5.32 Å². The lowest BCUT2D eigenvalue weighted by Crippen LogP contribution is -2.67. The third kappa shape index (κ3) is 3.17. The van der Waals surface area contributed by atoms with E-state index in [4.69, 9.17) is 0 Å². The van der Waals surface area contributed by atoms with Crippen LogP contribution in [0.5, 0.6) is 0 Å². The van der Waals surface area contributed by atoms with Gasteiger partial charge in [0.05, 0.1) is 0 Å². The van der Waals surface area contributed by atoms with E-state index in [9.17, 15) is 14.8 Å². The molecule has 0 saturated carbocycles. The zero-order valence-corrected chi connectivity index (χ0v) is 12.5. The van der Waals surface area contributed by atoms with Gasteiger partial charge in [-0.25, -0.2) is 0 Å². The van der Waals surface area contributed by atoms with Gasteiger partial charge in [-0.2, -0.15) is 0 Å². The van der Waals surface area contributed by atoms with Crippen molar-refractivity contribution in [2.75, 3.05) is 0 Å². The number of benzene rings is 1. The van der Waals surface area contributed by atoms with Crippen LogP contribution in [0, 0.1) is 5.21 Å². The molecule has 1 unspecified atom stereocenters. The summed E-state index contributed by atoms with van der Waals surface area (Å²) in [6, 6.07) is 9.49. The lowest BCUT2D eigenvalue weighted by atomic mass is 10.1. The summed E-state index contributed by atoms with van der Waals surface area (Å²) in [4.78, 5) is 24.8. The fourth-order valence-corrected chi connectivity index (χ4v) is 2.35. The molecule has 0 spiro atoms. The molecule has 0 radical (unpaired) electrons. The number of rotatable bonds is 4. The molecule has 1 heterocycles. The van der Waals surface area contributed by atoms with Gasteiger partial charge in [-0.1, -0.05) is 36.4 Å². The van der Waals surface area contributed by atoms with E-state index in [1.54, 1.807) is 23.3 Å². The van der Waals surface area contributed by atoms with Crippen molar-refractivity contribution in [3.8, 4) is 0 Å². The standard InChI is InChI=1S/C16H18N3O3/c1-13(20)17-16(19(22)14(2)21)10-6-7-11-18(16)12-15-8-4-3-5-9-15/h3-11H,12H2,1-2H3,(H,17,20)/q-1. The van der Waals surface area contributed by atoms with E-state index in [2.05, 4.69) is 5.32 Å². The SMILES string of the molecule is CC(=O)NC1(N([O-])C(C)=O)C=CC=CN1Cc1ccccc1. The molecule has 0 aliphatic carbocycles. The van der Waals surface area contributed by atoms with Gasteiger partial charge >= 0.3 is 0 Å². The summed E-state index contributed by atoms with van der Waals surface area (Å²) in [5.41, 5.74) is 0.953. The molecule has 0 aromatic heterocycles. The molecule has 0 bridgehead atoms. The lowest BCUT2D eigenvalue weighted by molar-refractivity contribution is -0.140. The molecule has 22 heavy (non-hydrogen) atoms. The van der Waals surface area contributed by atoms with Crippen molar-refractivity contribution in [2.45, 2.75) is 26.2 Å². The van der Waals surface area contributed by atoms with Crippen molar-refractivity contribution in [3.05, 3.63) is 65.5 Å². The van der Waals surface area contributed by atoms with Gasteiger partial charge in [0.15, 0.2) is 0 Å². The Hall–Kier alpha value is -2.60. The summed E-state index contributed by atoms with van der Waals surface area (Å²) in [7, 11) is 0. The van der Waals surface area contributed by atoms with Crippen LogP contribution in [0.4, 0.5) is 0 Å². The minimum atomic E-state index is -1.55.